The van der Waals surface area contributed by atoms with Crippen molar-refractivity contribution in [2.75, 3.05) is 21.3 Å². The Labute approximate surface area is 191 Å². The molecule has 1 aliphatic heterocycles. The van der Waals surface area contributed by atoms with E-state index in [0.717, 1.165) is 0 Å². The van der Waals surface area contributed by atoms with Gasteiger partial charge in [-0.1, -0.05) is 18.2 Å². The van der Waals surface area contributed by atoms with Crippen molar-refractivity contribution < 1.29 is 33.0 Å². The first-order chi connectivity index (χ1) is 15.9. The van der Waals surface area contributed by atoms with Crippen molar-refractivity contribution >= 4 is 11.9 Å². The van der Waals surface area contributed by atoms with Crippen LogP contribution < -0.4 is 9.47 Å². The fourth-order valence-corrected chi connectivity index (χ4v) is 4.16. The summed E-state index contributed by atoms with van der Waals surface area (Å²) in [5, 5.41) is 0. The third kappa shape index (κ3) is 3.82. The Kier molecular flexibility index (Phi) is 6.11. The van der Waals surface area contributed by atoms with E-state index in [2.05, 4.69) is 0 Å². The van der Waals surface area contributed by atoms with Gasteiger partial charge in [-0.2, -0.15) is 0 Å². The van der Waals surface area contributed by atoms with Crippen LogP contribution in [0.5, 0.6) is 11.5 Å². The molecule has 0 saturated carbocycles. The van der Waals surface area contributed by atoms with Crippen LogP contribution in [0.15, 0.2) is 71.3 Å². The van der Waals surface area contributed by atoms with Crippen LogP contribution in [0, 0.1) is 0 Å². The molecule has 172 valence electrons. The summed E-state index contributed by atoms with van der Waals surface area (Å²) in [5.74, 6) is 0.435. The van der Waals surface area contributed by atoms with Crippen LogP contribution in [0.4, 0.5) is 0 Å². The van der Waals surface area contributed by atoms with Crippen molar-refractivity contribution in [3.8, 4) is 11.5 Å². The van der Waals surface area contributed by atoms with Gasteiger partial charge < -0.3 is 23.4 Å². The highest BCUT2D eigenvalue weighted by molar-refractivity contribution is 5.96. The minimum Gasteiger partial charge on any atom is -0.497 e. The molecule has 0 N–H and O–H groups in total. The minimum absolute atomic E-state index is 0.340. The maximum atomic E-state index is 13.8. The standard InChI is InChI=1S/C25H25NO7/c1-25(24(28)31-4)21(19-11-8-14-32-19)26(22(27)16-9-6-5-7-10-16)23(33-25)18-13-12-17(29-2)15-20(18)30-3/h5-15,21,23H,1-4H3. The zero-order valence-corrected chi connectivity index (χ0v) is 18.8. The summed E-state index contributed by atoms with van der Waals surface area (Å²) < 4.78 is 28.0. The van der Waals surface area contributed by atoms with Crippen LogP contribution in [0.3, 0.4) is 0 Å². The second kappa shape index (κ2) is 8.99. The van der Waals surface area contributed by atoms with Crippen molar-refractivity contribution in [1.82, 2.24) is 4.90 Å². The van der Waals surface area contributed by atoms with Gasteiger partial charge in [0.15, 0.2) is 11.8 Å². The van der Waals surface area contributed by atoms with Crippen molar-refractivity contribution in [2.45, 2.75) is 24.8 Å². The first-order valence-corrected chi connectivity index (χ1v) is 10.3. The Balaban J connectivity index is 1.92. The third-order valence-corrected chi connectivity index (χ3v) is 5.77. The highest BCUT2D eigenvalue weighted by Gasteiger charge is 2.60. The largest absolute Gasteiger partial charge is 0.497 e. The summed E-state index contributed by atoms with van der Waals surface area (Å²) in [6, 6.07) is 16.5. The molecule has 1 amide bonds. The topological polar surface area (TPSA) is 87.4 Å². The lowest BCUT2D eigenvalue weighted by molar-refractivity contribution is -0.167. The number of furan rings is 1. The maximum Gasteiger partial charge on any atom is 0.340 e. The number of nitrogens with zero attached hydrogens (tertiary/aromatic N) is 1. The molecular formula is C25H25NO7. The molecule has 1 saturated heterocycles. The molecular weight excluding hydrogens is 426 g/mol. The van der Waals surface area contributed by atoms with Crippen LogP contribution in [0.2, 0.25) is 0 Å². The number of esters is 1. The van der Waals surface area contributed by atoms with E-state index in [1.165, 1.54) is 25.4 Å². The normalized spacial score (nSPS) is 22.1. The number of methoxy groups -OCH3 is 3. The highest BCUT2D eigenvalue weighted by atomic mass is 16.6. The van der Waals surface area contributed by atoms with Gasteiger partial charge in [-0.25, -0.2) is 4.79 Å². The number of hydrogen-bond donors (Lipinski definition) is 0. The van der Waals surface area contributed by atoms with E-state index in [1.54, 1.807) is 68.6 Å². The van der Waals surface area contributed by atoms with E-state index < -0.39 is 23.8 Å². The molecule has 0 bridgehead atoms. The zero-order chi connectivity index (χ0) is 23.6. The van der Waals surface area contributed by atoms with Gasteiger partial charge in [-0.05, 0) is 43.3 Å². The fraction of sp³-hybridized carbons (Fsp3) is 0.280. The molecule has 3 aromatic rings. The van der Waals surface area contributed by atoms with Gasteiger partial charge in [-0.15, -0.1) is 0 Å². The van der Waals surface area contributed by atoms with Gasteiger partial charge in [0.05, 0.1) is 27.6 Å². The SMILES string of the molecule is COC(=O)C1(C)OC(c2ccc(OC)cc2OC)N(C(=O)c2ccccc2)C1c1ccco1. The zero-order valence-electron chi connectivity index (χ0n) is 18.8. The van der Waals surface area contributed by atoms with Crippen LogP contribution in [-0.4, -0.2) is 43.7 Å². The van der Waals surface area contributed by atoms with Crippen molar-refractivity contribution in [1.29, 1.82) is 0 Å². The van der Waals surface area contributed by atoms with Crippen LogP contribution >= 0.6 is 0 Å². The Morgan fingerprint density at radius 3 is 2.33 bits per heavy atom. The summed E-state index contributed by atoms with van der Waals surface area (Å²) in [6.45, 7) is 1.59. The molecule has 33 heavy (non-hydrogen) atoms. The quantitative estimate of drug-likeness (QED) is 0.521. The predicted octanol–water partition coefficient (Wildman–Crippen LogP) is 4.14. The van der Waals surface area contributed by atoms with Gasteiger partial charge in [0.2, 0.25) is 0 Å². The van der Waals surface area contributed by atoms with Gasteiger partial charge in [-0.3, -0.25) is 9.69 Å². The van der Waals surface area contributed by atoms with Gasteiger partial charge in [0.1, 0.15) is 23.3 Å². The molecule has 4 rings (SSSR count). The first kappa shape index (κ1) is 22.4. The second-order valence-electron chi connectivity index (χ2n) is 7.67. The summed E-state index contributed by atoms with van der Waals surface area (Å²) in [5.41, 5.74) is -0.567. The Hall–Kier alpha value is -3.78. The number of ether oxygens (including phenoxy) is 4. The van der Waals surface area contributed by atoms with Gasteiger partial charge in [0.25, 0.3) is 5.91 Å². The molecule has 1 fully saturated rings. The molecule has 1 aliphatic rings. The predicted molar refractivity (Wildman–Crippen MR) is 118 cm³/mol. The number of hydrogen-bond acceptors (Lipinski definition) is 7. The van der Waals surface area contributed by atoms with E-state index in [1.807, 2.05) is 6.07 Å². The van der Waals surface area contributed by atoms with Crippen molar-refractivity contribution in [3.63, 3.8) is 0 Å². The van der Waals surface area contributed by atoms with Crippen molar-refractivity contribution in [2.24, 2.45) is 0 Å². The van der Waals surface area contributed by atoms with Crippen molar-refractivity contribution in [3.05, 3.63) is 83.8 Å². The summed E-state index contributed by atoms with van der Waals surface area (Å²) in [7, 11) is 4.34. The molecule has 8 nitrogen and oxygen atoms in total. The summed E-state index contributed by atoms with van der Waals surface area (Å²) in [4.78, 5) is 28.3. The molecule has 2 aromatic carbocycles. The molecule has 1 aromatic heterocycles. The average Bonchev–Trinajstić information content (AvgIpc) is 3.49. The monoisotopic (exact) mass is 451 g/mol. The highest BCUT2D eigenvalue weighted by Crippen LogP contribution is 2.52. The lowest BCUT2D eigenvalue weighted by Crippen LogP contribution is -2.44. The number of benzene rings is 2. The maximum absolute atomic E-state index is 13.8. The van der Waals surface area contributed by atoms with E-state index >= 15 is 0 Å². The van der Waals surface area contributed by atoms with Crippen LogP contribution in [0.1, 0.15) is 40.9 Å². The van der Waals surface area contributed by atoms with Crippen LogP contribution in [-0.2, 0) is 14.3 Å². The first-order valence-electron chi connectivity index (χ1n) is 10.3. The average molecular weight is 451 g/mol. The minimum atomic E-state index is -1.55. The number of rotatable bonds is 6. The lowest BCUT2D eigenvalue weighted by atomic mass is 9.93. The van der Waals surface area contributed by atoms with E-state index in [0.29, 0.717) is 28.4 Å². The molecule has 0 radical (unpaired) electrons. The van der Waals surface area contributed by atoms with Gasteiger partial charge in [0, 0.05) is 17.2 Å². The molecule has 0 aliphatic carbocycles. The van der Waals surface area contributed by atoms with Gasteiger partial charge >= 0.3 is 5.97 Å². The summed E-state index contributed by atoms with van der Waals surface area (Å²) >= 11 is 0. The molecule has 3 atom stereocenters. The molecule has 8 heteroatoms. The van der Waals surface area contributed by atoms with Crippen LogP contribution in [0.25, 0.3) is 0 Å². The Morgan fingerprint density at radius 2 is 1.73 bits per heavy atom. The van der Waals surface area contributed by atoms with E-state index in [4.69, 9.17) is 23.4 Å². The number of carbonyl (C=O) groups excluding carboxylic acids is 2. The molecule has 3 unspecified atom stereocenters. The Morgan fingerprint density at radius 1 is 0.970 bits per heavy atom. The number of amides is 1. The van der Waals surface area contributed by atoms with E-state index in [-0.39, 0.29) is 5.91 Å². The Bertz CT molecular complexity index is 1130. The molecule has 2 heterocycles. The third-order valence-electron chi connectivity index (χ3n) is 5.77. The van der Waals surface area contributed by atoms with E-state index in [9.17, 15) is 9.59 Å². The lowest BCUT2D eigenvalue weighted by Gasteiger charge is -2.30. The number of carbonyl (C=O) groups is 2. The second-order valence-corrected chi connectivity index (χ2v) is 7.67. The summed E-state index contributed by atoms with van der Waals surface area (Å²) in [6.07, 6.45) is 0.511. The smallest absolute Gasteiger partial charge is 0.340 e. The fourth-order valence-electron chi connectivity index (χ4n) is 4.16. The molecule has 0 spiro atoms.